The van der Waals surface area contributed by atoms with Crippen molar-refractivity contribution in [1.29, 1.82) is 0 Å². The van der Waals surface area contributed by atoms with E-state index in [4.69, 9.17) is 14.8 Å². The minimum Gasteiger partial charge on any atom is -0.340 e. The van der Waals surface area contributed by atoms with Crippen molar-refractivity contribution in [3.63, 3.8) is 0 Å². The fourth-order valence-electron chi connectivity index (χ4n) is 2.72. The molecule has 0 saturated heterocycles. The van der Waals surface area contributed by atoms with Crippen molar-refractivity contribution in [3.8, 4) is 0 Å². The Morgan fingerprint density at radius 3 is 2.00 bits per heavy atom. The third-order valence-corrected chi connectivity index (χ3v) is 6.25. The molecule has 1 aromatic carbocycles. The van der Waals surface area contributed by atoms with Crippen LogP contribution in [0.5, 0.6) is 0 Å². The maximum Gasteiger partial charge on any atom is 0.353 e. The first-order chi connectivity index (χ1) is 12.5. The fraction of sp³-hybridized carbons (Fsp3) is 0.650. The van der Waals surface area contributed by atoms with Crippen molar-refractivity contribution in [2.75, 3.05) is 0 Å². The van der Waals surface area contributed by atoms with E-state index in [0.717, 1.165) is 5.56 Å². The van der Waals surface area contributed by atoms with E-state index in [2.05, 4.69) is 5.32 Å². The lowest BCUT2D eigenvalue weighted by atomic mass is 10.0. The quantitative estimate of drug-likeness (QED) is 0.548. The second kappa shape index (κ2) is 11.0. The van der Waals surface area contributed by atoms with Crippen molar-refractivity contribution >= 4 is 13.5 Å². The van der Waals surface area contributed by atoms with Crippen LogP contribution in [0, 0.1) is 5.92 Å². The smallest absolute Gasteiger partial charge is 0.340 e. The first-order valence-electron chi connectivity index (χ1n) is 9.60. The highest BCUT2D eigenvalue weighted by atomic mass is 31.2. The molecule has 0 aromatic heterocycles. The summed E-state index contributed by atoms with van der Waals surface area (Å²) in [6.45, 7) is 11.2. The lowest BCUT2D eigenvalue weighted by Crippen LogP contribution is -2.47. The van der Waals surface area contributed by atoms with Gasteiger partial charge in [0, 0.05) is 6.42 Å². The Hall–Kier alpha value is -1.20. The first-order valence-corrected chi connectivity index (χ1v) is 11.2. The summed E-state index contributed by atoms with van der Waals surface area (Å²) in [6, 6.07) is 8.87. The van der Waals surface area contributed by atoms with E-state index in [1.165, 1.54) is 0 Å². The monoisotopic (exact) mass is 398 g/mol. The van der Waals surface area contributed by atoms with Crippen molar-refractivity contribution in [1.82, 2.24) is 5.32 Å². The minimum atomic E-state index is -3.62. The Balaban J connectivity index is 3.13. The Bertz CT molecular complexity index is 606. The van der Waals surface area contributed by atoms with Gasteiger partial charge in [0.1, 0.15) is 5.78 Å². The summed E-state index contributed by atoms with van der Waals surface area (Å²) in [5.74, 6) is -0.871. The number of carbonyl (C=O) groups excluding carboxylic acids is 1. The standard InChI is InChI=1S/C20H35N2O4P/c1-14(2)12-18(21)20(23)22-19(13-17-10-8-7-9-11-17)27(24,25-15(3)4)26-16(5)6/h7-11,14-16,18-19H,12-13,21H2,1-6H3,(H,22,23)/t18-,19+/m0/s1. The van der Waals surface area contributed by atoms with Gasteiger partial charge in [0.05, 0.1) is 18.2 Å². The molecule has 154 valence electrons. The Labute approximate surface area is 163 Å². The minimum absolute atomic E-state index is 0.281. The highest BCUT2D eigenvalue weighted by molar-refractivity contribution is 7.54. The fourth-order valence-corrected chi connectivity index (χ4v) is 4.96. The van der Waals surface area contributed by atoms with Crippen molar-refractivity contribution in [2.45, 2.75) is 78.4 Å². The summed E-state index contributed by atoms with van der Waals surface area (Å²) in [5, 5.41) is 2.84. The van der Waals surface area contributed by atoms with Gasteiger partial charge in [-0.15, -0.1) is 0 Å². The lowest BCUT2D eigenvalue weighted by molar-refractivity contribution is -0.123. The molecule has 0 radical (unpaired) electrons. The number of hydrogen-bond donors (Lipinski definition) is 2. The molecule has 1 amide bonds. The average molecular weight is 398 g/mol. The number of benzene rings is 1. The maximum atomic E-state index is 13.6. The number of rotatable bonds is 11. The van der Waals surface area contributed by atoms with Crippen LogP contribution >= 0.6 is 7.60 Å². The first kappa shape index (κ1) is 23.8. The van der Waals surface area contributed by atoms with Crippen LogP contribution in [0.3, 0.4) is 0 Å². The Morgan fingerprint density at radius 2 is 1.56 bits per heavy atom. The van der Waals surface area contributed by atoms with Crippen molar-refractivity contribution < 1.29 is 18.4 Å². The van der Waals surface area contributed by atoms with Crippen LogP contribution in [0.4, 0.5) is 0 Å². The molecule has 0 aliphatic carbocycles. The van der Waals surface area contributed by atoms with Crippen molar-refractivity contribution in [3.05, 3.63) is 35.9 Å². The van der Waals surface area contributed by atoms with E-state index in [1.807, 2.05) is 44.2 Å². The second-order valence-electron chi connectivity index (χ2n) is 7.80. The summed E-state index contributed by atoms with van der Waals surface area (Å²) < 4.78 is 25.1. The van der Waals surface area contributed by atoms with Crippen LogP contribution in [0.15, 0.2) is 30.3 Å². The summed E-state index contributed by atoms with van der Waals surface area (Å²) in [6.07, 6.45) is 0.255. The molecule has 1 aromatic rings. The molecule has 3 N–H and O–H groups in total. The van der Waals surface area contributed by atoms with Crippen LogP contribution in [0.1, 0.15) is 53.5 Å². The van der Waals surface area contributed by atoms with E-state index >= 15 is 0 Å². The molecule has 1 rings (SSSR count). The van der Waals surface area contributed by atoms with Crippen LogP contribution in [-0.4, -0.2) is 29.9 Å². The highest BCUT2D eigenvalue weighted by Crippen LogP contribution is 2.55. The van der Waals surface area contributed by atoms with E-state index < -0.39 is 19.4 Å². The third kappa shape index (κ3) is 8.56. The molecule has 2 atom stereocenters. The zero-order valence-corrected chi connectivity index (χ0v) is 18.2. The topological polar surface area (TPSA) is 90.7 Å². The number of hydrogen-bond acceptors (Lipinski definition) is 5. The number of nitrogens with two attached hydrogens (primary N) is 1. The molecular formula is C20H35N2O4P. The van der Waals surface area contributed by atoms with Crippen LogP contribution in [0.2, 0.25) is 0 Å². The van der Waals surface area contributed by atoms with E-state index in [0.29, 0.717) is 12.8 Å². The second-order valence-corrected chi connectivity index (χ2v) is 9.92. The predicted molar refractivity (Wildman–Crippen MR) is 110 cm³/mol. The van der Waals surface area contributed by atoms with Gasteiger partial charge in [0.2, 0.25) is 5.91 Å². The van der Waals surface area contributed by atoms with E-state index in [9.17, 15) is 9.36 Å². The Kier molecular flexibility index (Phi) is 9.68. The van der Waals surface area contributed by atoms with E-state index in [1.54, 1.807) is 27.7 Å². The molecule has 0 bridgehead atoms. The maximum absolute atomic E-state index is 13.6. The zero-order chi connectivity index (χ0) is 20.6. The number of amides is 1. The van der Waals surface area contributed by atoms with Gasteiger partial charge in [-0.05, 0) is 45.6 Å². The molecule has 0 saturated carbocycles. The molecule has 27 heavy (non-hydrogen) atoms. The lowest BCUT2D eigenvalue weighted by Gasteiger charge is -2.31. The van der Waals surface area contributed by atoms with Gasteiger partial charge in [-0.2, -0.15) is 0 Å². The van der Waals surface area contributed by atoms with Crippen LogP contribution in [-0.2, 0) is 24.8 Å². The van der Waals surface area contributed by atoms with Gasteiger partial charge in [-0.25, -0.2) is 0 Å². The van der Waals surface area contributed by atoms with Crippen LogP contribution in [0.25, 0.3) is 0 Å². The van der Waals surface area contributed by atoms with Gasteiger partial charge >= 0.3 is 7.60 Å². The summed E-state index contributed by atoms with van der Waals surface area (Å²) >= 11 is 0. The SMILES string of the molecule is CC(C)C[C@H](N)C(=O)N[C@@H](Cc1ccccc1)P(=O)(OC(C)C)OC(C)C. The predicted octanol–water partition coefficient (Wildman–Crippen LogP) is 4.09. The van der Waals surface area contributed by atoms with Crippen molar-refractivity contribution in [2.24, 2.45) is 11.7 Å². The Morgan fingerprint density at radius 1 is 1.04 bits per heavy atom. The molecule has 0 unspecified atom stereocenters. The molecule has 0 aliphatic heterocycles. The highest BCUT2D eigenvalue weighted by Gasteiger charge is 2.39. The van der Waals surface area contributed by atoms with Gasteiger partial charge in [0.15, 0.2) is 0 Å². The normalized spacial score (nSPS) is 14.6. The molecule has 0 spiro atoms. The molecular weight excluding hydrogens is 363 g/mol. The summed E-state index contributed by atoms with van der Waals surface area (Å²) in [4.78, 5) is 12.6. The molecule has 0 heterocycles. The molecule has 0 fully saturated rings. The number of carbonyl (C=O) groups is 1. The molecule has 7 heteroatoms. The molecule has 6 nitrogen and oxygen atoms in total. The van der Waals surface area contributed by atoms with Gasteiger partial charge in [-0.1, -0.05) is 44.2 Å². The van der Waals surface area contributed by atoms with E-state index in [-0.39, 0.29) is 24.0 Å². The largest absolute Gasteiger partial charge is 0.353 e. The number of nitrogens with one attached hydrogen (secondary N) is 1. The van der Waals surface area contributed by atoms with Gasteiger partial charge in [-0.3, -0.25) is 9.36 Å². The summed E-state index contributed by atoms with van der Waals surface area (Å²) in [5.41, 5.74) is 6.95. The van der Waals surface area contributed by atoms with Gasteiger partial charge < -0.3 is 20.1 Å². The average Bonchev–Trinajstić information content (AvgIpc) is 2.52. The zero-order valence-electron chi connectivity index (χ0n) is 17.3. The molecule has 0 aliphatic rings. The third-order valence-electron chi connectivity index (χ3n) is 3.74. The van der Waals surface area contributed by atoms with Gasteiger partial charge in [0.25, 0.3) is 0 Å². The van der Waals surface area contributed by atoms with Crippen LogP contribution < -0.4 is 11.1 Å². The summed E-state index contributed by atoms with van der Waals surface area (Å²) in [7, 11) is -3.62.